The smallest absolute Gasteiger partial charge is 0.315 e. The Bertz CT molecular complexity index is 670. The van der Waals surface area contributed by atoms with Gasteiger partial charge in [-0.2, -0.15) is 0 Å². The van der Waals surface area contributed by atoms with Crippen LogP contribution >= 0.6 is 0 Å². The van der Waals surface area contributed by atoms with Crippen molar-refractivity contribution in [3.63, 3.8) is 0 Å². The molecule has 0 bridgehead atoms. The monoisotopic (exact) mass is 274 g/mol. The highest BCUT2D eigenvalue weighted by Gasteiger charge is 2.23. The van der Waals surface area contributed by atoms with Crippen molar-refractivity contribution in [3.05, 3.63) is 57.9 Å². The van der Waals surface area contributed by atoms with E-state index in [1.54, 1.807) is 12.1 Å². The van der Waals surface area contributed by atoms with Crippen LogP contribution in [-0.2, 0) is 0 Å². The molecular weight excluding hydrogens is 264 g/mol. The molecule has 0 fully saturated rings. The van der Waals surface area contributed by atoms with Gasteiger partial charge in [-0.1, -0.05) is 0 Å². The summed E-state index contributed by atoms with van der Waals surface area (Å²) >= 11 is 0. The Hall–Kier alpha value is -2.96. The fraction of sp³-hybridized carbons (Fsp3) is 0.0769. The zero-order valence-corrected chi connectivity index (χ0v) is 10.4. The van der Waals surface area contributed by atoms with Gasteiger partial charge >= 0.3 is 5.69 Å². The second-order valence-corrected chi connectivity index (χ2v) is 3.87. The van der Waals surface area contributed by atoms with Gasteiger partial charge < -0.3 is 9.84 Å². The first-order chi connectivity index (χ1) is 9.54. The largest absolute Gasteiger partial charge is 0.500 e. The van der Waals surface area contributed by atoms with Crippen molar-refractivity contribution in [2.45, 2.75) is 0 Å². The van der Waals surface area contributed by atoms with Crippen LogP contribution in [0.5, 0.6) is 11.5 Å². The average molecular weight is 274 g/mol. The number of aromatic hydroxyl groups is 1. The molecule has 0 saturated carbocycles. The first-order valence-corrected chi connectivity index (χ1v) is 5.54. The lowest BCUT2D eigenvalue weighted by atomic mass is 10.0. The van der Waals surface area contributed by atoms with Crippen molar-refractivity contribution >= 4 is 11.5 Å². The van der Waals surface area contributed by atoms with E-state index in [9.17, 15) is 20.0 Å². The van der Waals surface area contributed by atoms with E-state index in [1.165, 1.54) is 25.6 Å². The number of ether oxygens (including phenoxy) is 1. The third kappa shape index (κ3) is 2.41. The topological polar surface area (TPSA) is 103 Å². The van der Waals surface area contributed by atoms with Gasteiger partial charge in [0.25, 0.3) is 0 Å². The number of hydrogen-bond donors (Lipinski definition) is 1. The summed E-state index contributed by atoms with van der Waals surface area (Å²) in [6.45, 7) is 0. The lowest BCUT2D eigenvalue weighted by Gasteiger charge is -2.07. The maximum Gasteiger partial charge on any atom is 0.315 e. The Morgan fingerprint density at radius 3 is 2.70 bits per heavy atom. The average Bonchev–Trinajstić information content (AvgIpc) is 2.47. The Balaban J connectivity index is 2.55. The third-order valence-corrected chi connectivity index (χ3v) is 2.66. The number of carbonyl (C=O) groups is 1. The number of aromatic nitrogens is 1. The van der Waals surface area contributed by atoms with Crippen LogP contribution in [0.25, 0.3) is 0 Å². The molecule has 1 heterocycles. The number of nitrogens with zero attached hydrogens (tertiary/aromatic N) is 2. The Labute approximate surface area is 113 Å². The van der Waals surface area contributed by atoms with Crippen LogP contribution in [0.4, 0.5) is 5.69 Å². The van der Waals surface area contributed by atoms with Gasteiger partial charge in [0.15, 0.2) is 11.5 Å². The molecule has 0 aliphatic rings. The summed E-state index contributed by atoms with van der Waals surface area (Å²) in [6.07, 6.45) is 2.87. The maximum absolute atomic E-state index is 12.2. The number of nitro benzene ring substituents is 1. The molecule has 7 nitrogen and oxygen atoms in total. The summed E-state index contributed by atoms with van der Waals surface area (Å²) in [7, 11) is 1.25. The Kier molecular flexibility index (Phi) is 3.60. The number of benzene rings is 1. The third-order valence-electron chi connectivity index (χ3n) is 2.66. The standard InChI is InChI=1S/C13H10N2O5/c1-20-11-6-9(5-10(13(11)17)15(18)19)12(16)8-3-2-4-14-7-8/h2-7,17H,1H3. The number of hydrogen-bond acceptors (Lipinski definition) is 6. The highest BCUT2D eigenvalue weighted by atomic mass is 16.6. The van der Waals surface area contributed by atoms with E-state index in [0.717, 1.165) is 6.07 Å². The van der Waals surface area contributed by atoms with Gasteiger partial charge in [0.05, 0.1) is 12.0 Å². The van der Waals surface area contributed by atoms with Crippen molar-refractivity contribution < 1.29 is 19.6 Å². The van der Waals surface area contributed by atoms with E-state index in [1.807, 2.05) is 0 Å². The second-order valence-electron chi connectivity index (χ2n) is 3.87. The van der Waals surface area contributed by atoms with E-state index in [4.69, 9.17) is 4.74 Å². The lowest BCUT2D eigenvalue weighted by molar-refractivity contribution is -0.386. The van der Waals surface area contributed by atoms with Gasteiger partial charge in [-0.05, 0) is 18.2 Å². The zero-order chi connectivity index (χ0) is 14.7. The highest BCUT2D eigenvalue weighted by Crippen LogP contribution is 2.37. The van der Waals surface area contributed by atoms with Gasteiger partial charge in [0.2, 0.25) is 5.75 Å². The fourth-order valence-corrected chi connectivity index (χ4v) is 1.68. The first kappa shape index (κ1) is 13.5. The molecule has 1 aromatic carbocycles. The van der Waals surface area contributed by atoms with Crippen LogP contribution in [-0.4, -0.2) is 27.9 Å². The van der Waals surface area contributed by atoms with Crippen LogP contribution in [0.15, 0.2) is 36.7 Å². The predicted octanol–water partition coefficient (Wildman–Crippen LogP) is 1.94. The maximum atomic E-state index is 12.2. The second kappa shape index (κ2) is 5.35. The number of rotatable bonds is 4. The molecule has 0 saturated heterocycles. The van der Waals surface area contributed by atoms with Crippen LogP contribution in [0.3, 0.4) is 0 Å². The fourth-order valence-electron chi connectivity index (χ4n) is 1.68. The minimum Gasteiger partial charge on any atom is -0.500 e. The summed E-state index contributed by atoms with van der Waals surface area (Å²) in [5.41, 5.74) is -0.259. The molecule has 0 unspecified atom stereocenters. The van der Waals surface area contributed by atoms with Gasteiger partial charge in [0, 0.05) is 29.6 Å². The molecule has 7 heteroatoms. The van der Waals surface area contributed by atoms with Gasteiger partial charge in [0.1, 0.15) is 0 Å². The van der Waals surface area contributed by atoms with Crippen LogP contribution in [0, 0.1) is 10.1 Å². The predicted molar refractivity (Wildman–Crippen MR) is 69.0 cm³/mol. The van der Waals surface area contributed by atoms with Gasteiger partial charge in [-0.25, -0.2) is 0 Å². The summed E-state index contributed by atoms with van der Waals surface area (Å²) < 4.78 is 4.84. The number of phenolic OH excluding ortho intramolecular Hbond substituents is 1. The molecular formula is C13H10N2O5. The summed E-state index contributed by atoms with van der Waals surface area (Å²) in [5, 5.41) is 20.5. The number of phenols is 1. The van der Waals surface area contributed by atoms with Crippen LogP contribution < -0.4 is 4.74 Å². The number of carbonyl (C=O) groups excluding carboxylic acids is 1. The number of nitro groups is 1. The number of pyridine rings is 1. The minimum atomic E-state index is -0.780. The molecule has 0 spiro atoms. The Morgan fingerprint density at radius 2 is 2.15 bits per heavy atom. The molecule has 2 rings (SSSR count). The molecule has 2 aromatic rings. The highest BCUT2D eigenvalue weighted by molar-refractivity contribution is 6.09. The first-order valence-electron chi connectivity index (χ1n) is 5.54. The molecule has 102 valence electrons. The van der Waals surface area contributed by atoms with E-state index >= 15 is 0 Å². The molecule has 1 N–H and O–H groups in total. The number of methoxy groups -OCH3 is 1. The van der Waals surface area contributed by atoms with Crippen molar-refractivity contribution in [2.24, 2.45) is 0 Å². The summed E-state index contributed by atoms with van der Waals surface area (Å²) in [5.74, 6) is -1.19. The number of ketones is 1. The van der Waals surface area contributed by atoms with Crippen molar-refractivity contribution in [1.29, 1.82) is 0 Å². The van der Waals surface area contributed by atoms with Crippen LogP contribution in [0.2, 0.25) is 0 Å². The molecule has 0 amide bonds. The summed E-state index contributed by atoms with van der Waals surface area (Å²) in [6, 6.07) is 5.38. The van der Waals surface area contributed by atoms with Gasteiger partial charge in [-0.15, -0.1) is 0 Å². The summed E-state index contributed by atoms with van der Waals surface area (Å²) in [4.78, 5) is 26.1. The van der Waals surface area contributed by atoms with E-state index < -0.39 is 22.1 Å². The van der Waals surface area contributed by atoms with Crippen molar-refractivity contribution in [2.75, 3.05) is 7.11 Å². The minimum absolute atomic E-state index is 0.0411. The molecule has 20 heavy (non-hydrogen) atoms. The zero-order valence-electron chi connectivity index (χ0n) is 10.4. The normalized spacial score (nSPS) is 10.1. The molecule has 0 atom stereocenters. The SMILES string of the molecule is COc1cc(C(=O)c2cccnc2)cc([N+](=O)[O-])c1O. The molecule has 1 aromatic heterocycles. The Morgan fingerprint density at radius 1 is 1.40 bits per heavy atom. The van der Waals surface area contributed by atoms with Crippen molar-refractivity contribution in [3.8, 4) is 11.5 Å². The van der Waals surface area contributed by atoms with E-state index in [2.05, 4.69) is 4.98 Å². The van der Waals surface area contributed by atoms with Gasteiger partial charge in [-0.3, -0.25) is 19.9 Å². The molecule has 0 aliphatic heterocycles. The molecule has 0 aliphatic carbocycles. The van der Waals surface area contributed by atoms with Crippen molar-refractivity contribution in [1.82, 2.24) is 4.98 Å². The lowest BCUT2D eigenvalue weighted by Crippen LogP contribution is -2.03. The van der Waals surface area contributed by atoms with Crippen LogP contribution in [0.1, 0.15) is 15.9 Å². The molecule has 0 radical (unpaired) electrons. The quantitative estimate of drug-likeness (QED) is 0.519. The van der Waals surface area contributed by atoms with E-state index in [0.29, 0.717) is 0 Å². The van der Waals surface area contributed by atoms with E-state index in [-0.39, 0.29) is 16.9 Å².